The highest BCUT2D eigenvalue weighted by atomic mass is 15.3. The van der Waals surface area contributed by atoms with Gasteiger partial charge in [-0.2, -0.15) is 5.10 Å². The summed E-state index contributed by atoms with van der Waals surface area (Å²) < 4.78 is 1.99. The third-order valence-electron chi connectivity index (χ3n) is 3.52. The maximum Gasteiger partial charge on any atom is 0.0634 e. The molecule has 3 nitrogen and oxygen atoms in total. The van der Waals surface area contributed by atoms with Crippen LogP contribution in [0, 0.1) is 13.8 Å². The fourth-order valence-corrected chi connectivity index (χ4v) is 2.59. The predicted octanol–water partition coefficient (Wildman–Crippen LogP) is 1.42. The molecule has 14 heavy (non-hydrogen) atoms. The molecule has 1 saturated carbocycles. The molecule has 0 atom stereocenters. The maximum absolute atomic E-state index is 5.67. The summed E-state index contributed by atoms with van der Waals surface area (Å²) in [7, 11) is 2.02. The van der Waals surface area contributed by atoms with Crippen molar-refractivity contribution in [2.24, 2.45) is 12.8 Å². The minimum atomic E-state index is 0.386. The van der Waals surface area contributed by atoms with E-state index in [2.05, 4.69) is 18.9 Å². The van der Waals surface area contributed by atoms with Crippen LogP contribution in [0.3, 0.4) is 0 Å². The minimum Gasteiger partial charge on any atom is -0.330 e. The van der Waals surface area contributed by atoms with Gasteiger partial charge < -0.3 is 5.73 Å². The molecule has 1 fully saturated rings. The molecule has 2 rings (SSSR count). The third-order valence-corrected chi connectivity index (χ3v) is 3.52. The molecule has 1 aliphatic rings. The van der Waals surface area contributed by atoms with E-state index >= 15 is 0 Å². The summed E-state index contributed by atoms with van der Waals surface area (Å²) in [6.45, 7) is 5.05. The molecule has 2 N–H and O–H groups in total. The molecule has 0 saturated heterocycles. The molecule has 0 amide bonds. The van der Waals surface area contributed by atoms with Crippen molar-refractivity contribution in [3.8, 4) is 0 Å². The highest BCUT2D eigenvalue weighted by Crippen LogP contribution is 2.52. The van der Waals surface area contributed by atoms with Crippen LogP contribution in [0.1, 0.15) is 36.2 Å². The lowest BCUT2D eigenvalue weighted by Crippen LogP contribution is -2.15. The number of nitrogens with zero attached hydrogens (tertiary/aromatic N) is 2. The summed E-state index contributed by atoms with van der Waals surface area (Å²) in [5.41, 5.74) is 10.0. The molecule has 0 spiro atoms. The monoisotopic (exact) mass is 193 g/mol. The van der Waals surface area contributed by atoms with Crippen LogP contribution >= 0.6 is 0 Å². The molecule has 1 aromatic rings. The van der Waals surface area contributed by atoms with E-state index in [1.807, 2.05) is 11.7 Å². The number of aryl methyl sites for hydroxylation is 2. The van der Waals surface area contributed by atoms with Crippen LogP contribution in [0.5, 0.6) is 0 Å². The first kappa shape index (κ1) is 9.71. The van der Waals surface area contributed by atoms with Crippen molar-refractivity contribution in [3.05, 3.63) is 17.0 Å². The second kappa shape index (κ2) is 3.09. The number of rotatable bonds is 3. The van der Waals surface area contributed by atoms with E-state index in [4.69, 9.17) is 5.73 Å². The zero-order valence-corrected chi connectivity index (χ0v) is 9.30. The summed E-state index contributed by atoms with van der Waals surface area (Å²) in [5, 5.41) is 4.47. The quantitative estimate of drug-likeness (QED) is 0.789. The largest absolute Gasteiger partial charge is 0.330 e. The van der Waals surface area contributed by atoms with Crippen LogP contribution in [0.25, 0.3) is 0 Å². The van der Waals surface area contributed by atoms with E-state index < -0.39 is 0 Å². The second-order valence-corrected chi connectivity index (χ2v) is 4.49. The molecule has 3 heteroatoms. The van der Waals surface area contributed by atoms with Gasteiger partial charge in [-0.15, -0.1) is 0 Å². The topological polar surface area (TPSA) is 43.8 Å². The fourth-order valence-electron chi connectivity index (χ4n) is 2.59. The third kappa shape index (κ3) is 1.27. The molecule has 0 unspecified atom stereocenters. The fraction of sp³-hybridized carbons (Fsp3) is 0.727. The normalized spacial score (nSPS) is 18.6. The van der Waals surface area contributed by atoms with Crippen molar-refractivity contribution in [1.29, 1.82) is 0 Å². The molecular weight excluding hydrogens is 174 g/mol. The van der Waals surface area contributed by atoms with Crippen molar-refractivity contribution in [3.63, 3.8) is 0 Å². The Morgan fingerprint density at radius 1 is 1.43 bits per heavy atom. The molecule has 0 aromatic carbocycles. The van der Waals surface area contributed by atoms with Gasteiger partial charge in [0.25, 0.3) is 0 Å². The highest BCUT2D eigenvalue weighted by molar-refractivity contribution is 5.38. The molecule has 1 aliphatic carbocycles. The first-order chi connectivity index (χ1) is 6.60. The van der Waals surface area contributed by atoms with Gasteiger partial charge in [-0.3, -0.25) is 4.68 Å². The molecular formula is C11H19N3. The number of hydrogen-bond acceptors (Lipinski definition) is 2. The Labute approximate surface area is 85.3 Å². The smallest absolute Gasteiger partial charge is 0.0634 e. The lowest BCUT2D eigenvalue weighted by atomic mass is 9.91. The van der Waals surface area contributed by atoms with Crippen LogP contribution < -0.4 is 5.73 Å². The van der Waals surface area contributed by atoms with Crippen molar-refractivity contribution < 1.29 is 0 Å². The van der Waals surface area contributed by atoms with Crippen LogP contribution in [0.4, 0.5) is 0 Å². The van der Waals surface area contributed by atoms with Crippen LogP contribution in [0.2, 0.25) is 0 Å². The van der Waals surface area contributed by atoms with Gasteiger partial charge in [0.2, 0.25) is 0 Å². The van der Waals surface area contributed by atoms with E-state index in [9.17, 15) is 0 Å². The Morgan fingerprint density at radius 2 is 2.07 bits per heavy atom. The summed E-state index contributed by atoms with van der Waals surface area (Å²) in [6, 6.07) is 0. The van der Waals surface area contributed by atoms with Gasteiger partial charge in [-0.05, 0) is 39.7 Å². The Balaban J connectivity index is 2.40. The predicted molar refractivity (Wildman–Crippen MR) is 57.3 cm³/mol. The SMILES string of the molecule is Cc1nn(C)c(C)c1C1(CCN)CC1. The molecule has 0 bridgehead atoms. The van der Waals surface area contributed by atoms with Gasteiger partial charge in [0.15, 0.2) is 0 Å². The van der Waals surface area contributed by atoms with Crippen LogP contribution in [-0.2, 0) is 12.5 Å². The highest BCUT2D eigenvalue weighted by Gasteiger charge is 2.46. The van der Waals surface area contributed by atoms with E-state index in [1.165, 1.54) is 29.8 Å². The Morgan fingerprint density at radius 3 is 2.43 bits per heavy atom. The number of nitrogens with two attached hydrogens (primary N) is 1. The average molecular weight is 193 g/mol. The first-order valence-corrected chi connectivity index (χ1v) is 5.31. The lowest BCUT2D eigenvalue weighted by Gasteiger charge is -2.14. The van der Waals surface area contributed by atoms with E-state index in [0.717, 1.165) is 13.0 Å². The van der Waals surface area contributed by atoms with Gasteiger partial charge in [0.05, 0.1) is 5.69 Å². The van der Waals surface area contributed by atoms with Crippen LogP contribution in [-0.4, -0.2) is 16.3 Å². The van der Waals surface area contributed by atoms with Crippen molar-refractivity contribution >= 4 is 0 Å². The van der Waals surface area contributed by atoms with Crippen molar-refractivity contribution in [2.45, 2.75) is 38.5 Å². The maximum atomic E-state index is 5.67. The zero-order chi connectivity index (χ0) is 10.3. The molecule has 1 heterocycles. The van der Waals surface area contributed by atoms with Gasteiger partial charge in [-0.1, -0.05) is 0 Å². The van der Waals surface area contributed by atoms with E-state index in [-0.39, 0.29) is 0 Å². The molecule has 1 aromatic heterocycles. The number of aromatic nitrogens is 2. The Bertz CT molecular complexity index is 348. The summed E-state index contributed by atoms with van der Waals surface area (Å²) in [5.74, 6) is 0. The van der Waals surface area contributed by atoms with Gasteiger partial charge >= 0.3 is 0 Å². The Kier molecular flexibility index (Phi) is 2.14. The first-order valence-electron chi connectivity index (χ1n) is 5.31. The van der Waals surface area contributed by atoms with Crippen molar-refractivity contribution in [2.75, 3.05) is 6.54 Å². The lowest BCUT2D eigenvalue weighted by molar-refractivity contribution is 0.619. The summed E-state index contributed by atoms with van der Waals surface area (Å²) in [6.07, 6.45) is 3.69. The summed E-state index contributed by atoms with van der Waals surface area (Å²) >= 11 is 0. The summed E-state index contributed by atoms with van der Waals surface area (Å²) in [4.78, 5) is 0. The van der Waals surface area contributed by atoms with E-state index in [0.29, 0.717) is 5.41 Å². The zero-order valence-electron chi connectivity index (χ0n) is 9.30. The molecule has 0 radical (unpaired) electrons. The minimum absolute atomic E-state index is 0.386. The van der Waals surface area contributed by atoms with Gasteiger partial charge in [-0.25, -0.2) is 0 Å². The van der Waals surface area contributed by atoms with Crippen molar-refractivity contribution in [1.82, 2.24) is 9.78 Å². The average Bonchev–Trinajstić information content (AvgIpc) is 2.80. The Hall–Kier alpha value is -0.830. The second-order valence-electron chi connectivity index (χ2n) is 4.49. The van der Waals surface area contributed by atoms with E-state index in [1.54, 1.807) is 0 Å². The standard InChI is InChI=1S/C11H19N3/c1-8-10(9(2)14(3)13-8)11(4-5-11)6-7-12/h4-7,12H2,1-3H3. The number of hydrogen-bond donors (Lipinski definition) is 1. The van der Waals surface area contributed by atoms with Crippen LogP contribution in [0.15, 0.2) is 0 Å². The molecule has 78 valence electrons. The molecule has 0 aliphatic heterocycles. The van der Waals surface area contributed by atoms with Gasteiger partial charge in [0.1, 0.15) is 0 Å². The van der Waals surface area contributed by atoms with Gasteiger partial charge in [0, 0.05) is 23.7 Å².